The molecule has 1 atom stereocenters. The van der Waals surface area contributed by atoms with Crippen LogP contribution >= 0.6 is 0 Å². The topological polar surface area (TPSA) is 68.2 Å². The summed E-state index contributed by atoms with van der Waals surface area (Å²) in [6, 6.07) is 21.3. The fourth-order valence-electron chi connectivity index (χ4n) is 3.93. The first-order valence-corrected chi connectivity index (χ1v) is 11.9. The van der Waals surface area contributed by atoms with Crippen LogP contribution in [0.25, 0.3) is 5.57 Å². The van der Waals surface area contributed by atoms with Crippen LogP contribution in [0.5, 0.6) is 23.0 Å². The number of benzene rings is 3. The molecular formula is C29H31NO5. The standard InChI is InChI=1S/C29H31NO5/c1-5-29(4,28(31)32)35-23-14-12-22(13-15-23)33-18-17-20(3)21-11-16-27-25(19-21)30(6-2)24-9-7-8-10-26(24)34-27/h7-17,19H,5-6,18H2,1-4H3,(H,31,32)/b20-17-. The van der Waals surface area contributed by atoms with E-state index in [-0.39, 0.29) is 0 Å². The van der Waals surface area contributed by atoms with Gasteiger partial charge in [0.25, 0.3) is 0 Å². The second-order valence-corrected chi connectivity index (χ2v) is 8.66. The van der Waals surface area contributed by atoms with E-state index in [9.17, 15) is 9.90 Å². The maximum absolute atomic E-state index is 11.4. The number of carboxylic acid groups (broad SMARTS) is 1. The first-order valence-electron chi connectivity index (χ1n) is 11.9. The summed E-state index contributed by atoms with van der Waals surface area (Å²) < 4.78 is 17.7. The monoisotopic (exact) mass is 473 g/mol. The molecule has 3 aromatic carbocycles. The number of ether oxygens (including phenoxy) is 3. The Labute approximate surface area is 206 Å². The van der Waals surface area contributed by atoms with Crippen molar-refractivity contribution in [1.29, 1.82) is 0 Å². The van der Waals surface area contributed by atoms with E-state index in [4.69, 9.17) is 14.2 Å². The molecule has 0 aromatic heterocycles. The molecule has 0 amide bonds. The lowest BCUT2D eigenvalue weighted by Crippen LogP contribution is -2.40. The molecule has 3 aromatic rings. The number of aliphatic carboxylic acids is 1. The highest BCUT2D eigenvalue weighted by Gasteiger charge is 2.33. The van der Waals surface area contributed by atoms with E-state index in [1.54, 1.807) is 38.1 Å². The van der Waals surface area contributed by atoms with Gasteiger partial charge in [0.1, 0.15) is 18.1 Å². The summed E-state index contributed by atoms with van der Waals surface area (Å²) in [6.07, 6.45) is 2.40. The summed E-state index contributed by atoms with van der Waals surface area (Å²) in [4.78, 5) is 13.7. The van der Waals surface area contributed by atoms with Gasteiger partial charge >= 0.3 is 5.97 Å². The van der Waals surface area contributed by atoms with Gasteiger partial charge in [-0.05, 0) is 92.9 Å². The Balaban J connectivity index is 1.42. The minimum atomic E-state index is -1.25. The summed E-state index contributed by atoms with van der Waals surface area (Å²) in [7, 11) is 0. The van der Waals surface area contributed by atoms with Crippen molar-refractivity contribution in [3.05, 3.63) is 78.4 Å². The Bertz CT molecular complexity index is 1230. The van der Waals surface area contributed by atoms with E-state index in [0.717, 1.165) is 40.6 Å². The first kappa shape index (κ1) is 24.2. The highest BCUT2D eigenvalue weighted by atomic mass is 16.5. The van der Waals surface area contributed by atoms with Crippen molar-refractivity contribution in [2.45, 2.75) is 39.7 Å². The second kappa shape index (κ2) is 10.1. The third-order valence-electron chi connectivity index (χ3n) is 6.33. The number of para-hydroxylation sites is 2. The van der Waals surface area contributed by atoms with Crippen LogP contribution in [0.15, 0.2) is 72.8 Å². The predicted molar refractivity (Wildman–Crippen MR) is 138 cm³/mol. The van der Waals surface area contributed by atoms with Gasteiger partial charge in [-0.1, -0.05) is 25.1 Å². The molecule has 1 aliphatic heterocycles. The number of nitrogens with zero attached hydrogens (tertiary/aromatic N) is 1. The highest BCUT2D eigenvalue weighted by molar-refractivity contribution is 5.81. The summed E-state index contributed by atoms with van der Waals surface area (Å²) in [6.45, 7) is 8.80. The number of anilines is 2. The van der Waals surface area contributed by atoms with E-state index in [0.29, 0.717) is 24.5 Å². The second-order valence-electron chi connectivity index (χ2n) is 8.66. The zero-order valence-corrected chi connectivity index (χ0v) is 20.6. The molecule has 0 radical (unpaired) electrons. The molecule has 1 N–H and O–H groups in total. The van der Waals surface area contributed by atoms with E-state index < -0.39 is 11.6 Å². The van der Waals surface area contributed by atoms with Gasteiger partial charge in [-0.15, -0.1) is 0 Å². The van der Waals surface area contributed by atoms with E-state index >= 15 is 0 Å². The molecule has 1 aliphatic rings. The Morgan fingerprint density at radius 1 is 1.00 bits per heavy atom. The number of carboxylic acids is 1. The van der Waals surface area contributed by atoms with E-state index in [1.807, 2.05) is 30.3 Å². The van der Waals surface area contributed by atoms with Crippen LogP contribution in [0.2, 0.25) is 0 Å². The molecule has 0 fully saturated rings. The molecule has 0 saturated heterocycles. The average molecular weight is 474 g/mol. The Morgan fingerprint density at radius 3 is 2.37 bits per heavy atom. The number of carbonyl (C=O) groups is 1. The largest absolute Gasteiger partial charge is 0.490 e. The Kier molecular flexibility index (Phi) is 7.01. The van der Waals surface area contributed by atoms with Gasteiger partial charge in [-0.25, -0.2) is 4.79 Å². The van der Waals surface area contributed by atoms with Gasteiger partial charge < -0.3 is 24.2 Å². The van der Waals surface area contributed by atoms with Gasteiger partial charge in [0.15, 0.2) is 11.5 Å². The number of rotatable bonds is 9. The van der Waals surface area contributed by atoms with Crippen molar-refractivity contribution in [3.63, 3.8) is 0 Å². The van der Waals surface area contributed by atoms with Crippen molar-refractivity contribution in [1.82, 2.24) is 0 Å². The third-order valence-corrected chi connectivity index (χ3v) is 6.33. The Hall–Kier alpha value is -3.93. The van der Waals surface area contributed by atoms with Crippen LogP contribution in [0.4, 0.5) is 11.4 Å². The van der Waals surface area contributed by atoms with Crippen LogP contribution in [0.3, 0.4) is 0 Å². The molecule has 0 bridgehead atoms. The lowest BCUT2D eigenvalue weighted by Gasteiger charge is -2.32. The van der Waals surface area contributed by atoms with Gasteiger partial charge in [0.2, 0.25) is 5.60 Å². The number of fused-ring (bicyclic) bond motifs is 2. The summed E-state index contributed by atoms with van der Waals surface area (Å²) >= 11 is 0. The molecule has 4 rings (SSSR count). The van der Waals surface area contributed by atoms with Crippen molar-refractivity contribution in [3.8, 4) is 23.0 Å². The van der Waals surface area contributed by atoms with Gasteiger partial charge in [0.05, 0.1) is 11.4 Å². The summed E-state index contributed by atoms with van der Waals surface area (Å²) in [5.41, 5.74) is 3.07. The van der Waals surface area contributed by atoms with E-state index in [1.165, 1.54) is 0 Å². The minimum Gasteiger partial charge on any atom is -0.490 e. The quantitative estimate of drug-likeness (QED) is 0.359. The van der Waals surface area contributed by atoms with Gasteiger partial charge in [-0.3, -0.25) is 0 Å². The molecule has 182 valence electrons. The van der Waals surface area contributed by atoms with Gasteiger partial charge in [0, 0.05) is 6.54 Å². The normalized spacial score (nSPS) is 14.3. The zero-order chi connectivity index (χ0) is 25.0. The zero-order valence-electron chi connectivity index (χ0n) is 20.6. The van der Waals surface area contributed by atoms with Crippen molar-refractivity contribution in [2.75, 3.05) is 18.1 Å². The summed E-state index contributed by atoms with van der Waals surface area (Å²) in [5, 5.41) is 9.38. The number of allylic oxidation sites excluding steroid dienone is 1. The lowest BCUT2D eigenvalue weighted by atomic mass is 10.0. The van der Waals surface area contributed by atoms with Gasteiger partial charge in [-0.2, -0.15) is 0 Å². The molecule has 6 heteroatoms. The predicted octanol–water partition coefficient (Wildman–Crippen LogP) is 7.06. The molecule has 6 nitrogen and oxygen atoms in total. The molecule has 1 heterocycles. The first-order chi connectivity index (χ1) is 16.8. The molecule has 35 heavy (non-hydrogen) atoms. The third kappa shape index (κ3) is 5.11. The number of hydrogen-bond donors (Lipinski definition) is 1. The van der Waals surface area contributed by atoms with Crippen LogP contribution < -0.4 is 19.1 Å². The SMILES string of the molecule is CCN1c2ccccc2Oc2ccc(/C(C)=C\COc3ccc(OC(C)(CC)C(=O)O)cc3)cc21. The Morgan fingerprint density at radius 2 is 1.69 bits per heavy atom. The molecule has 1 unspecified atom stereocenters. The molecule has 0 saturated carbocycles. The van der Waals surface area contributed by atoms with Crippen molar-refractivity contribution >= 4 is 22.9 Å². The fraction of sp³-hybridized carbons (Fsp3) is 0.276. The van der Waals surface area contributed by atoms with Crippen molar-refractivity contribution in [2.24, 2.45) is 0 Å². The van der Waals surface area contributed by atoms with Crippen LogP contribution in [0.1, 0.15) is 39.7 Å². The fourth-order valence-corrected chi connectivity index (χ4v) is 3.93. The maximum atomic E-state index is 11.4. The van der Waals surface area contributed by atoms with E-state index in [2.05, 4.69) is 36.9 Å². The van der Waals surface area contributed by atoms with Crippen molar-refractivity contribution < 1.29 is 24.1 Å². The van der Waals surface area contributed by atoms with Crippen LogP contribution in [-0.4, -0.2) is 29.8 Å². The maximum Gasteiger partial charge on any atom is 0.347 e. The molecular weight excluding hydrogens is 442 g/mol. The number of hydrogen-bond acceptors (Lipinski definition) is 5. The average Bonchev–Trinajstić information content (AvgIpc) is 2.87. The lowest BCUT2D eigenvalue weighted by molar-refractivity contribution is -0.154. The van der Waals surface area contributed by atoms with Crippen LogP contribution in [0, 0.1) is 0 Å². The molecule has 0 spiro atoms. The minimum absolute atomic E-state index is 0.363. The molecule has 0 aliphatic carbocycles. The smallest absolute Gasteiger partial charge is 0.347 e. The summed E-state index contributed by atoms with van der Waals surface area (Å²) in [5.74, 6) is 1.91. The van der Waals surface area contributed by atoms with Crippen LogP contribution in [-0.2, 0) is 4.79 Å². The highest BCUT2D eigenvalue weighted by Crippen LogP contribution is 2.47.